The van der Waals surface area contributed by atoms with Crippen LogP contribution in [0.1, 0.15) is 22.7 Å². The van der Waals surface area contributed by atoms with Crippen LogP contribution >= 0.6 is 23.1 Å². The van der Waals surface area contributed by atoms with Crippen molar-refractivity contribution in [2.75, 3.05) is 33.2 Å². The third kappa shape index (κ3) is 5.70. The third-order valence-electron chi connectivity index (χ3n) is 4.93. The van der Waals surface area contributed by atoms with E-state index < -0.39 is 11.9 Å². The van der Waals surface area contributed by atoms with Gasteiger partial charge in [0.25, 0.3) is 0 Å². The van der Waals surface area contributed by atoms with Crippen LogP contribution in [0, 0.1) is 0 Å². The summed E-state index contributed by atoms with van der Waals surface area (Å²) in [6.45, 7) is 4.67. The van der Waals surface area contributed by atoms with Gasteiger partial charge in [0.2, 0.25) is 0 Å². The molecule has 1 unspecified atom stereocenters. The third-order valence-corrected chi connectivity index (χ3v) is 7.25. The summed E-state index contributed by atoms with van der Waals surface area (Å²) in [6.07, 6.45) is 1.12. The second-order valence-electron chi connectivity index (χ2n) is 6.90. The van der Waals surface area contributed by atoms with Crippen molar-refractivity contribution >= 4 is 35.0 Å². The monoisotopic (exact) mass is 432 g/mol. The number of carboxylic acid groups (broad SMARTS) is 2. The summed E-state index contributed by atoms with van der Waals surface area (Å²) in [5.74, 6) is -1.41. The molecule has 0 radical (unpaired) electrons. The number of carboxylic acids is 2. The lowest BCUT2D eigenvalue weighted by atomic mass is 9.95. The van der Waals surface area contributed by atoms with Crippen LogP contribution in [0.4, 0.5) is 0 Å². The molecular weight excluding hydrogens is 408 g/mol. The van der Waals surface area contributed by atoms with E-state index >= 15 is 0 Å². The predicted molar refractivity (Wildman–Crippen MR) is 116 cm³/mol. The van der Waals surface area contributed by atoms with Gasteiger partial charge in [-0.2, -0.15) is 0 Å². The Balaban J connectivity index is 0.000000258. The number of hydrogen-bond donors (Lipinski definition) is 2. The summed E-state index contributed by atoms with van der Waals surface area (Å²) >= 11 is 3.91. The van der Waals surface area contributed by atoms with Crippen molar-refractivity contribution in [3.8, 4) is 0 Å². The molecule has 6 nitrogen and oxygen atoms in total. The van der Waals surface area contributed by atoms with Crippen molar-refractivity contribution in [2.45, 2.75) is 16.0 Å². The molecule has 1 aromatic heterocycles. The molecule has 154 valence electrons. The summed E-state index contributed by atoms with van der Waals surface area (Å²) < 4.78 is 1.51. The molecule has 1 atom stereocenters. The molecule has 0 aliphatic carbocycles. The van der Waals surface area contributed by atoms with Gasteiger partial charge in [-0.15, -0.1) is 23.1 Å². The van der Waals surface area contributed by atoms with Crippen LogP contribution in [-0.2, 0) is 15.3 Å². The second kappa shape index (κ2) is 10.1. The lowest BCUT2D eigenvalue weighted by Gasteiger charge is -2.38. The summed E-state index contributed by atoms with van der Waals surface area (Å²) in [5, 5.41) is 17.9. The van der Waals surface area contributed by atoms with Gasteiger partial charge in [0.05, 0.1) is 10.3 Å². The zero-order valence-corrected chi connectivity index (χ0v) is 17.8. The fourth-order valence-corrected chi connectivity index (χ4v) is 5.65. The first-order valence-corrected chi connectivity index (χ1v) is 11.2. The minimum atomic E-state index is -1.26. The number of thiophene rings is 1. The van der Waals surface area contributed by atoms with Crippen molar-refractivity contribution in [1.29, 1.82) is 0 Å². The van der Waals surface area contributed by atoms with Gasteiger partial charge in [0.1, 0.15) is 0 Å². The van der Waals surface area contributed by atoms with Crippen molar-refractivity contribution in [3.63, 3.8) is 0 Å². The fraction of sp³-hybridized carbons (Fsp3) is 0.333. The molecule has 0 spiro atoms. The van der Waals surface area contributed by atoms with Gasteiger partial charge in [-0.3, -0.25) is 4.90 Å². The lowest BCUT2D eigenvalue weighted by molar-refractivity contribution is -0.134. The van der Waals surface area contributed by atoms with Crippen molar-refractivity contribution in [2.24, 2.45) is 0 Å². The van der Waals surface area contributed by atoms with Gasteiger partial charge in [0.15, 0.2) is 0 Å². The molecule has 1 saturated heterocycles. The zero-order valence-electron chi connectivity index (χ0n) is 16.2. The Morgan fingerprint density at radius 1 is 1.00 bits per heavy atom. The van der Waals surface area contributed by atoms with E-state index in [2.05, 4.69) is 52.6 Å². The number of fused-ring (bicyclic) bond motifs is 2. The van der Waals surface area contributed by atoms with Gasteiger partial charge in [-0.1, -0.05) is 24.3 Å². The Morgan fingerprint density at radius 2 is 1.66 bits per heavy atom. The van der Waals surface area contributed by atoms with E-state index in [9.17, 15) is 9.59 Å². The summed E-state index contributed by atoms with van der Waals surface area (Å²) in [4.78, 5) is 24.2. The molecule has 3 heterocycles. The van der Waals surface area contributed by atoms with Crippen LogP contribution in [0.25, 0.3) is 0 Å². The Labute approximate surface area is 178 Å². The highest BCUT2D eigenvalue weighted by Gasteiger charge is 2.31. The number of rotatable bonds is 3. The second-order valence-corrected chi connectivity index (χ2v) is 9.06. The number of nitrogens with zero attached hydrogens (tertiary/aromatic N) is 2. The largest absolute Gasteiger partial charge is 0.478 e. The first-order chi connectivity index (χ1) is 14.0. The summed E-state index contributed by atoms with van der Waals surface area (Å²) in [7, 11) is 2.23. The van der Waals surface area contributed by atoms with E-state index in [0.29, 0.717) is 18.2 Å². The Hall–Kier alpha value is -2.13. The van der Waals surface area contributed by atoms with E-state index in [-0.39, 0.29) is 0 Å². The van der Waals surface area contributed by atoms with Crippen molar-refractivity contribution in [1.82, 2.24) is 9.80 Å². The molecule has 1 fully saturated rings. The number of piperazine rings is 1. The molecule has 0 bridgehead atoms. The number of carbonyl (C=O) groups is 2. The molecule has 0 saturated carbocycles. The molecule has 1 aromatic carbocycles. The number of benzene rings is 1. The molecule has 2 aliphatic rings. The molecule has 4 rings (SSSR count). The molecule has 2 aliphatic heterocycles. The van der Waals surface area contributed by atoms with Crippen LogP contribution in [-0.4, -0.2) is 65.2 Å². The molecule has 2 N–H and O–H groups in total. The van der Waals surface area contributed by atoms with Gasteiger partial charge >= 0.3 is 11.9 Å². The standard InChI is InChI=1S/C17H20N2S2.C4H4O4/c1-18-7-9-19(10-8-18)16-14-5-3-2-4-13(14)12-21-17-15(16)6-11-20-17;5-3(6)1-2-4(7)8/h2-6,11,16H,7-10,12H2,1H3;1-2H,(H,5,6)(H,7,8)/b;2-1+. The average Bonchev–Trinajstić information content (AvgIpc) is 3.10. The normalized spacial score (nSPS) is 19.6. The van der Waals surface area contributed by atoms with Crippen LogP contribution in [0.15, 0.2) is 52.1 Å². The number of hydrogen-bond acceptors (Lipinski definition) is 6. The zero-order chi connectivity index (χ0) is 20.8. The predicted octanol–water partition coefficient (Wildman–Crippen LogP) is 3.40. The van der Waals surface area contributed by atoms with Crippen molar-refractivity contribution < 1.29 is 19.8 Å². The van der Waals surface area contributed by atoms with Crippen LogP contribution in [0.2, 0.25) is 0 Å². The first-order valence-electron chi connectivity index (χ1n) is 9.30. The Bertz CT molecular complexity index is 872. The molecule has 2 aromatic rings. The van der Waals surface area contributed by atoms with Crippen LogP contribution in [0.5, 0.6) is 0 Å². The first kappa shape index (κ1) is 21.6. The van der Waals surface area contributed by atoms with Gasteiger partial charge in [0, 0.05) is 44.1 Å². The average molecular weight is 433 g/mol. The van der Waals surface area contributed by atoms with Gasteiger partial charge in [-0.05, 0) is 35.2 Å². The summed E-state index contributed by atoms with van der Waals surface area (Å²) in [5.41, 5.74) is 4.56. The molecular formula is C21H24N2O4S2. The van der Waals surface area contributed by atoms with E-state index in [1.54, 1.807) is 0 Å². The number of thioether (sulfide) groups is 1. The molecule has 29 heavy (non-hydrogen) atoms. The Morgan fingerprint density at radius 3 is 2.31 bits per heavy atom. The van der Waals surface area contributed by atoms with E-state index in [1.807, 2.05) is 23.1 Å². The SMILES string of the molecule is CN1CCN(C2c3ccccc3CSc3sccc32)CC1.O=C(O)/C=C/C(=O)O. The maximum atomic E-state index is 9.55. The lowest BCUT2D eigenvalue weighted by Crippen LogP contribution is -2.46. The molecule has 0 amide bonds. The highest BCUT2D eigenvalue weighted by atomic mass is 32.2. The summed E-state index contributed by atoms with van der Waals surface area (Å²) in [6, 6.07) is 11.8. The Kier molecular flexibility index (Phi) is 7.49. The smallest absolute Gasteiger partial charge is 0.328 e. The van der Waals surface area contributed by atoms with Gasteiger partial charge in [-0.25, -0.2) is 9.59 Å². The van der Waals surface area contributed by atoms with Crippen molar-refractivity contribution in [3.05, 3.63) is 64.6 Å². The highest BCUT2D eigenvalue weighted by Crippen LogP contribution is 2.44. The molecule has 8 heteroatoms. The minimum Gasteiger partial charge on any atom is -0.478 e. The van der Waals surface area contributed by atoms with Crippen LogP contribution in [0.3, 0.4) is 0 Å². The number of likely N-dealkylation sites (N-methyl/N-ethyl adjacent to an activating group) is 1. The van der Waals surface area contributed by atoms with Crippen LogP contribution < -0.4 is 0 Å². The maximum absolute atomic E-state index is 9.55. The quantitative estimate of drug-likeness (QED) is 0.720. The topological polar surface area (TPSA) is 81.1 Å². The van der Waals surface area contributed by atoms with E-state index in [1.165, 1.54) is 34.0 Å². The maximum Gasteiger partial charge on any atom is 0.328 e. The van der Waals surface area contributed by atoms with Gasteiger partial charge < -0.3 is 15.1 Å². The van der Waals surface area contributed by atoms with E-state index in [4.69, 9.17) is 10.2 Å². The fourth-order valence-electron chi connectivity index (χ4n) is 3.48. The number of aliphatic carboxylic acids is 2. The highest BCUT2D eigenvalue weighted by molar-refractivity contribution is 8.00. The minimum absolute atomic E-state index is 0.450. The van der Waals surface area contributed by atoms with E-state index in [0.717, 1.165) is 18.8 Å².